The first-order chi connectivity index (χ1) is 9.11. The standard InChI is InChI=1S/C13H22N2O3S/c1-14(10-5-3-2-4-6-10)13(18)15-7-8-19-9-11(15)12(16)17/h10-11H,2-9H2,1H3,(H,16,17). The summed E-state index contributed by atoms with van der Waals surface area (Å²) in [5.74, 6) is 0.436. The highest BCUT2D eigenvalue weighted by Crippen LogP contribution is 2.24. The molecule has 2 fully saturated rings. The van der Waals surface area contributed by atoms with E-state index in [1.54, 1.807) is 16.7 Å². The van der Waals surface area contributed by atoms with Crippen molar-refractivity contribution in [3.8, 4) is 0 Å². The predicted molar refractivity (Wildman–Crippen MR) is 75.5 cm³/mol. The van der Waals surface area contributed by atoms with Crippen LogP contribution in [0.1, 0.15) is 32.1 Å². The van der Waals surface area contributed by atoms with Crippen LogP contribution in [0.5, 0.6) is 0 Å². The molecule has 6 heteroatoms. The van der Waals surface area contributed by atoms with Gasteiger partial charge in [-0.3, -0.25) is 0 Å². The van der Waals surface area contributed by atoms with Crippen LogP contribution in [0.15, 0.2) is 0 Å². The normalized spacial score (nSPS) is 25.1. The van der Waals surface area contributed by atoms with Gasteiger partial charge in [-0.2, -0.15) is 11.8 Å². The van der Waals surface area contributed by atoms with E-state index in [2.05, 4.69) is 0 Å². The molecule has 0 radical (unpaired) electrons. The molecule has 0 aromatic carbocycles. The first-order valence-corrected chi connectivity index (χ1v) is 8.10. The zero-order chi connectivity index (χ0) is 13.8. The van der Waals surface area contributed by atoms with Gasteiger partial charge in [-0.25, -0.2) is 9.59 Å². The van der Waals surface area contributed by atoms with Crippen molar-refractivity contribution in [1.82, 2.24) is 9.80 Å². The molecule has 108 valence electrons. The van der Waals surface area contributed by atoms with Crippen LogP contribution < -0.4 is 0 Å². The van der Waals surface area contributed by atoms with Crippen molar-refractivity contribution >= 4 is 23.8 Å². The zero-order valence-corrected chi connectivity index (χ0v) is 12.2. The average molecular weight is 286 g/mol. The minimum absolute atomic E-state index is 0.111. The zero-order valence-electron chi connectivity index (χ0n) is 11.4. The van der Waals surface area contributed by atoms with Gasteiger partial charge < -0.3 is 14.9 Å². The summed E-state index contributed by atoms with van der Waals surface area (Å²) in [7, 11) is 1.82. The van der Waals surface area contributed by atoms with E-state index in [1.807, 2.05) is 7.05 Å². The Kier molecular flexibility index (Phi) is 4.96. The Morgan fingerprint density at radius 3 is 2.58 bits per heavy atom. The van der Waals surface area contributed by atoms with Crippen molar-refractivity contribution in [2.24, 2.45) is 0 Å². The Bertz CT molecular complexity index is 345. The van der Waals surface area contributed by atoms with E-state index < -0.39 is 12.0 Å². The second-order valence-corrected chi connectivity index (χ2v) is 6.46. The molecule has 2 rings (SSSR count). The van der Waals surface area contributed by atoms with Gasteiger partial charge >= 0.3 is 12.0 Å². The molecule has 5 nitrogen and oxygen atoms in total. The lowest BCUT2D eigenvalue weighted by Gasteiger charge is -2.39. The second-order valence-electron chi connectivity index (χ2n) is 5.31. The third-order valence-corrected chi connectivity index (χ3v) is 5.11. The molecular formula is C13H22N2O3S. The van der Waals surface area contributed by atoms with Crippen LogP contribution in [0, 0.1) is 0 Å². The maximum Gasteiger partial charge on any atom is 0.327 e. The van der Waals surface area contributed by atoms with Crippen LogP contribution in [0.2, 0.25) is 0 Å². The van der Waals surface area contributed by atoms with E-state index in [1.165, 1.54) is 24.2 Å². The molecule has 1 N–H and O–H groups in total. The number of nitrogens with zero attached hydrogens (tertiary/aromatic N) is 2. The highest BCUT2D eigenvalue weighted by Gasteiger charge is 2.35. The van der Waals surface area contributed by atoms with Crippen molar-refractivity contribution in [2.45, 2.75) is 44.2 Å². The summed E-state index contributed by atoms with van der Waals surface area (Å²) in [5, 5.41) is 9.22. The van der Waals surface area contributed by atoms with E-state index in [0.717, 1.165) is 18.6 Å². The molecule has 1 saturated carbocycles. The minimum atomic E-state index is -0.891. The topological polar surface area (TPSA) is 60.9 Å². The number of urea groups is 1. The molecule has 1 heterocycles. The smallest absolute Gasteiger partial charge is 0.327 e. The summed E-state index contributed by atoms with van der Waals surface area (Å²) in [6, 6.07) is -0.498. The summed E-state index contributed by atoms with van der Waals surface area (Å²) >= 11 is 1.61. The first-order valence-electron chi connectivity index (χ1n) is 6.95. The molecule has 1 aliphatic carbocycles. The SMILES string of the molecule is CN(C(=O)N1CCSCC1C(=O)O)C1CCCCC1. The summed E-state index contributed by atoms with van der Waals surface area (Å²) in [6.07, 6.45) is 5.67. The van der Waals surface area contributed by atoms with Gasteiger partial charge in [0.2, 0.25) is 0 Å². The summed E-state index contributed by atoms with van der Waals surface area (Å²) < 4.78 is 0. The summed E-state index contributed by atoms with van der Waals surface area (Å²) in [6.45, 7) is 0.539. The highest BCUT2D eigenvalue weighted by atomic mass is 32.2. The van der Waals surface area contributed by atoms with Crippen LogP contribution in [-0.2, 0) is 4.79 Å². The molecule has 0 aromatic heterocycles. The molecule has 0 bridgehead atoms. The number of carboxylic acids is 1. The number of carboxylic acid groups (broad SMARTS) is 1. The fraction of sp³-hybridized carbons (Fsp3) is 0.846. The Morgan fingerprint density at radius 2 is 1.95 bits per heavy atom. The van der Waals surface area contributed by atoms with Crippen LogP contribution >= 0.6 is 11.8 Å². The lowest BCUT2D eigenvalue weighted by Crippen LogP contribution is -2.56. The maximum atomic E-state index is 12.5. The van der Waals surface area contributed by atoms with Gasteiger partial charge in [0, 0.05) is 31.1 Å². The number of hydrogen-bond acceptors (Lipinski definition) is 3. The summed E-state index contributed by atoms with van der Waals surface area (Å²) in [4.78, 5) is 27.0. The van der Waals surface area contributed by atoms with E-state index in [-0.39, 0.29) is 12.1 Å². The number of hydrogen-bond donors (Lipinski definition) is 1. The molecule has 2 amide bonds. The molecule has 1 unspecified atom stereocenters. The molecule has 1 atom stereocenters. The fourth-order valence-electron chi connectivity index (χ4n) is 2.86. The van der Waals surface area contributed by atoms with Crippen LogP contribution in [0.3, 0.4) is 0 Å². The molecule has 2 aliphatic rings. The van der Waals surface area contributed by atoms with E-state index in [0.29, 0.717) is 12.3 Å². The van der Waals surface area contributed by atoms with Crippen molar-refractivity contribution in [2.75, 3.05) is 25.1 Å². The Balaban J connectivity index is 2.01. The number of rotatable bonds is 2. The number of carbonyl (C=O) groups excluding carboxylic acids is 1. The largest absolute Gasteiger partial charge is 0.480 e. The number of carbonyl (C=O) groups is 2. The van der Waals surface area contributed by atoms with E-state index in [4.69, 9.17) is 0 Å². The third kappa shape index (κ3) is 3.35. The highest BCUT2D eigenvalue weighted by molar-refractivity contribution is 7.99. The van der Waals surface area contributed by atoms with Crippen molar-refractivity contribution in [3.63, 3.8) is 0 Å². The number of aliphatic carboxylic acids is 1. The predicted octanol–water partition coefficient (Wildman–Crippen LogP) is 1.87. The van der Waals surface area contributed by atoms with Gasteiger partial charge in [-0.1, -0.05) is 19.3 Å². The Hall–Kier alpha value is -0.910. The van der Waals surface area contributed by atoms with Gasteiger partial charge in [0.05, 0.1) is 0 Å². The lowest BCUT2D eigenvalue weighted by atomic mass is 9.94. The van der Waals surface area contributed by atoms with Gasteiger partial charge in [0.1, 0.15) is 6.04 Å². The quantitative estimate of drug-likeness (QED) is 0.842. The van der Waals surface area contributed by atoms with E-state index >= 15 is 0 Å². The monoisotopic (exact) mass is 286 g/mol. The second kappa shape index (κ2) is 6.50. The van der Waals surface area contributed by atoms with Gasteiger partial charge in [0.15, 0.2) is 0 Å². The first kappa shape index (κ1) is 14.5. The number of thioether (sulfide) groups is 1. The van der Waals surface area contributed by atoms with Crippen molar-refractivity contribution in [3.05, 3.63) is 0 Å². The Labute approximate surface area is 118 Å². The Morgan fingerprint density at radius 1 is 1.26 bits per heavy atom. The minimum Gasteiger partial charge on any atom is -0.480 e. The fourth-order valence-corrected chi connectivity index (χ4v) is 3.90. The average Bonchev–Trinajstić information content (AvgIpc) is 2.46. The third-order valence-electron chi connectivity index (χ3n) is 4.08. The van der Waals surface area contributed by atoms with Crippen LogP contribution in [0.25, 0.3) is 0 Å². The molecule has 1 saturated heterocycles. The molecular weight excluding hydrogens is 264 g/mol. The molecule has 0 spiro atoms. The van der Waals surface area contributed by atoms with Crippen molar-refractivity contribution < 1.29 is 14.7 Å². The van der Waals surface area contributed by atoms with Crippen molar-refractivity contribution in [1.29, 1.82) is 0 Å². The number of amides is 2. The molecule has 19 heavy (non-hydrogen) atoms. The van der Waals surface area contributed by atoms with Gasteiger partial charge in [-0.05, 0) is 12.8 Å². The molecule has 1 aliphatic heterocycles. The van der Waals surface area contributed by atoms with Gasteiger partial charge in [0.25, 0.3) is 0 Å². The van der Waals surface area contributed by atoms with Crippen LogP contribution in [0.4, 0.5) is 4.79 Å². The maximum absolute atomic E-state index is 12.5. The lowest BCUT2D eigenvalue weighted by molar-refractivity contribution is -0.141. The van der Waals surface area contributed by atoms with E-state index in [9.17, 15) is 14.7 Å². The van der Waals surface area contributed by atoms with Crippen LogP contribution in [-0.4, -0.2) is 64.1 Å². The summed E-state index contributed by atoms with van der Waals surface area (Å²) in [5.41, 5.74) is 0. The molecule has 0 aromatic rings. The van der Waals surface area contributed by atoms with Gasteiger partial charge in [-0.15, -0.1) is 0 Å².